The Balaban J connectivity index is 1.38. The molecule has 31 heavy (non-hydrogen) atoms. The van der Waals surface area contributed by atoms with Crippen molar-refractivity contribution in [3.63, 3.8) is 0 Å². The molecule has 4 aliphatic carbocycles. The molecule has 0 aromatic carbocycles. The van der Waals surface area contributed by atoms with Crippen LogP contribution >= 0.6 is 0 Å². The van der Waals surface area contributed by atoms with Crippen molar-refractivity contribution >= 4 is 6.09 Å². The Morgan fingerprint density at radius 2 is 1.84 bits per heavy atom. The molecule has 6 unspecified atom stereocenters. The van der Waals surface area contributed by atoms with Gasteiger partial charge in [0.1, 0.15) is 0 Å². The van der Waals surface area contributed by atoms with Crippen molar-refractivity contribution in [2.45, 2.75) is 97.8 Å². The third-order valence-electron chi connectivity index (χ3n) is 10.8. The van der Waals surface area contributed by atoms with Gasteiger partial charge in [0, 0.05) is 6.54 Å². The predicted octanol–water partition coefficient (Wildman–Crippen LogP) is 6.17. The van der Waals surface area contributed by atoms with E-state index in [1.54, 1.807) is 0 Å². The standard InChI is InChI=1S/C27H47NO3/c1-4-19-18-21-23-11-10-20(8-7-17-31-25(30)28-15-16-29)26(23,2)14-12-24(21)27(3)13-6-5-9-22(19)27/h19-24,29H,4-18H2,1-3H3,(H,28,30)/t19-,20?,21?,22?,23?,24-,26?,27?/m0/s1. The maximum absolute atomic E-state index is 11.6. The smallest absolute Gasteiger partial charge is 0.407 e. The highest BCUT2D eigenvalue weighted by atomic mass is 16.5. The predicted molar refractivity (Wildman–Crippen MR) is 125 cm³/mol. The van der Waals surface area contributed by atoms with E-state index in [0.29, 0.717) is 17.4 Å². The first-order valence-corrected chi connectivity index (χ1v) is 13.5. The van der Waals surface area contributed by atoms with Crippen molar-refractivity contribution in [3.8, 4) is 0 Å². The monoisotopic (exact) mass is 433 g/mol. The summed E-state index contributed by atoms with van der Waals surface area (Å²) in [7, 11) is 0. The fourth-order valence-electron chi connectivity index (χ4n) is 9.31. The van der Waals surface area contributed by atoms with Crippen molar-refractivity contribution in [1.29, 1.82) is 0 Å². The van der Waals surface area contributed by atoms with Crippen molar-refractivity contribution in [2.75, 3.05) is 19.8 Å². The van der Waals surface area contributed by atoms with Crippen LogP contribution in [-0.4, -0.2) is 31.0 Å². The summed E-state index contributed by atoms with van der Waals surface area (Å²) in [5, 5.41) is 11.4. The molecular weight excluding hydrogens is 386 g/mol. The lowest BCUT2D eigenvalue weighted by atomic mass is 9.42. The molecule has 8 atom stereocenters. The number of alkyl carbamates (subject to hydrolysis) is 1. The molecule has 2 N–H and O–H groups in total. The molecule has 4 rings (SSSR count). The lowest BCUT2D eigenvalue weighted by molar-refractivity contribution is -0.135. The first-order chi connectivity index (χ1) is 14.9. The lowest BCUT2D eigenvalue weighted by Gasteiger charge is -2.62. The van der Waals surface area contributed by atoms with Gasteiger partial charge in [0.05, 0.1) is 13.2 Å². The van der Waals surface area contributed by atoms with Gasteiger partial charge in [-0.25, -0.2) is 4.79 Å². The Morgan fingerprint density at radius 1 is 1.03 bits per heavy atom. The number of carbonyl (C=O) groups is 1. The molecule has 1 amide bonds. The summed E-state index contributed by atoms with van der Waals surface area (Å²) in [5.41, 5.74) is 1.10. The summed E-state index contributed by atoms with van der Waals surface area (Å²) in [6.45, 7) is 8.50. The van der Waals surface area contributed by atoms with Gasteiger partial charge in [-0.3, -0.25) is 0 Å². The molecule has 4 aliphatic rings. The minimum atomic E-state index is -0.395. The van der Waals surface area contributed by atoms with Crippen LogP contribution in [0.2, 0.25) is 0 Å². The number of ether oxygens (including phenoxy) is 1. The summed E-state index contributed by atoms with van der Waals surface area (Å²) >= 11 is 0. The van der Waals surface area contributed by atoms with E-state index >= 15 is 0 Å². The molecule has 0 saturated heterocycles. The van der Waals surface area contributed by atoms with Crippen LogP contribution in [0.15, 0.2) is 0 Å². The van der Waals surface area contributed by atoms with E-state index in [4.69, 9.17) is 9.84 Å². The highest BCUT2D eigenvalue weighted by Gasteiger charge is 2.60. The van der Waals surface area contributed by atoms with Crippen LogP contribution in [0.25, 0.3) is 0 Å². The number of hydrogen-bond donors (Lipinski definition) is 2. The van der Waals surface area contributed by atoms with Gasteiger partial charge in [0.2, 0.25) is 0 Å². The molecule has 0 radical (unpaired) electrons. The van der Waals surface area contributed by atoms with Gasteiger partial charge in [-0.15, -0.1) is 0 Å². The Kier molecular flexibility index (Phi) is 7.25. The molecule has 0 aromatic heterocycles. The molecular formula is C27H47NO3. The summed E-state index contributed by atoms with van der Waals surface area (Å²) < 4.78 is 5.30. The summed E-state index contributed by atoms with van der Waals surface area (Å²) in [4.78, 5) is 11.6. The minimum absolute atomic E-state index is 0.0439. The number of aliphatic hydroxyl groups excluding tert-OH is 1. The molecule has 0 heterocycles. The van der Waals surface area contributed by atoms with Crippen LogP contribution in [0, 0.1) is 46.3 Å². The number of hydrogen-bond acceptors (Lipinski definition) is 3. The fourth-order valence-corrected chi connectivity index (χ4v) is 9.31. The summed E-state index contributed by atoms with van der Waals surface area (Å²) in [6, 6.07) is 0. The van der Waals surface area contributed by atoms with Crippen molar-refractivity contribution in [1.82, 2.24) is 5.32 Å². The molecule has 4 saturated carbocycles. The second-order valence-electron chi connectivity index (χ2n) is 11.9. The number of nitrogens with one attached hydrogen (secondary N) is 1. The number of rotatable bonds is 7. The zero-order valence-electron chi connectivity index (χ0n) is 20.3. The molecule has 0 spiro atoms. The zero-order valence-corrected chi connectivity index (χ0v) is 20.3. The van der Waals surface area contributed by atoms with Crippen molar-refractivity contribution in [2.24, 2.45) is 46.3 Å². The fraction of sp³-hybridized carbons (Fsp3) is 0.963. The normalized spacial score (nSPS) is 44.1. The molecule has 0 aliphatic heterocycles. The second kappa shape index (κ2) is 9.61. The Labute approximate surface area is 190 Å². The van der Waals surface area contributed by atoms with Gasteiger partial charge in [-0.2, -0.15) is 0 Å². The first kappa shape index (κ1) is 23.4. The van der Waals surface area contributed by atoms with E-state index in [0.717, 1.165) is 41.9 Å². The Morgan fingerprint density at radius 3 is 2.61 bits per heavy atom. The minimum Gasteiger partial charge on any atom is -0.450 e. The Bertz CT molecular complexity index is 624. The largest absolute Gasteiger partial charge is 0.450 e. The van der Waals surface area contributed by atoms with Crippen molar-refractivity contribution in [3.05, 3.63) is 0 Å². The lowest BCUT2D eigenvalue weighted by Crippen LogP contribution is -2.55. The van der Waals surface area contributed by atoms with Gasteiger partial charge in [-0.05, 0) is 104 Å². The van der Waals surface area contributed by atoms with E-state index < -0.39 is 6.09 Å². The number of fused-ring (bicyclic) bond motifs is 5. The molecule has 4 fully saturated rings. The highest BCUT2D eigenvalue weighted by molar-refractivity contribution is 5.66. The van der Waals surface area contributed by atoms with Crippen molar-refractivity contribution < 1.29 is 14.6 Å². The molecule has 0 aromatic rings. The van der Waals surface area contributed by atoms with Crippen LogP contribution in [-0.2, 0) is 4.74 Å². The van der Waals surface area contributed by atoms with E-state index in [2.05, 4.69) is 26.1 Å². The molecule has 4 nitrogen and oxygen atoms in total. The van der Waals surface area contributed by atoms with E-state index in [1.807, 2.05) is 0 Å². The Hall–Kier alpha value is -0.770. The van der Waals surface area contributed by atoms with Gasteiger partial charge in [-0.1, -0.05) is 40.0 Å². The second-order valence-corrected chi connectivity index (χ2v) is 11.9. The zero-order chi connectivity index (χ0) is 22.1. The van der Waals surface area contributed by atoms with Gasteiger partial charge < -0.3 is 15.2 Å². The first-order valence-electron chi connectivity index (χ1n) is 13.5. The van der Waals surface area contributed by atoms with E-state index in [9.17, 15) is 4.79 Å². The quantitative estimate of drug-likeness (QED) is 0.472. The van der Waals surface area contributed by atoms with Crippen LogP contribution in [0.5, 0.6) is 0 Å². The van der Waals surface area contributed by atoms with Gasteiger partial charge in [0.25, 0.3) is 0 Å². The SMILES string of the molecule is CC[C@H]1CC2C3CCC(CCCOC(=O)NCCO)C3(C)CC[C@@H]2C2(C)CCCCC12. The maximum atomic E-state index is 11.6. The topological polar surface area (TPSA) is 58.6 Å². The number of aliphatic hydroxyl groups is 1. The average molecular weight is 434 g/mol. The van der Waals surface area contributed by atoms with E-state index in [1.165, 1.54) is 70.6 Å². The van der Waals surface area contributed by atoms with Gasteiger partial charge >= 0.3 is 6.09 Å². The van der Waals surface area contributed by atoms with Crippen LogP contribution in [0.4, 0.5) is 4.79 Å². The van der Waals surface area contributed by atoms with Crippen LogP contribution in [0.1, 0.15) is 97.8 Å². The summed E-state index contributed by atoms with van der Waals surface area (Å²) in [5.74, 6) is 5.57. The highest BCUT2D eigenvalue weighted by Crippen LogP contribution is 2.69. The third-order valence-corrected chi connectivity index (χ3v) is 10.8. The number of amides is 1. The van der Waals surface area contributed by atoms with Crippen LogP contribution < -0.4 is 5.32 Å². The number of carbonyl (C=O) groups excluding carboxylic acids is 1. The molecule has 178 valence electrons. The van der Waals surface area contributed by atoms with E-state index in [-0.39, 0.29) is 13.2 Å². The maximum Gasteiger partial charge on any atom is 0.407 e. The average Bonchev–Trinajstić information content (AvgIpc) is 3.10. The molecule has 0 bridgehead atoms. The van der Waals surface area contributed by atoms with Crippen LogP contribution in [0.3, 0.4) is 0 Å². The molecule has 4 heteroatoms. The summed E-state index contributed by atoms with van der Waals surface area (Å²) in [6.07, 6.45) is 16.2. The third kappa shape index (κ3) is 4.27. The van der Waals surface area contributed by atoms with Gasteiger partial charge in [0.15, 0.2) is 0 Å².